The summed E-state index contributed by atoms with van der Waals surface area (Å²) in [7, 11) is 0. The molecule has 34 heavy (non-hydrogen) atoms. The Morgan fingerprint density at radius 1 is 0.529 bits per heavy atom. The summed E-state index contributed by atoms with van der Waals surface area (Å²) < 4.78 is 4.41. The topological polar surface area (TPSA) is 7.76 Å². The van der Waals surface area contributed by atoms with Gasteiger partial charge >= 0.3 is 0 Å². The van der Waals surface area contributed by atoms with Crippen LogP contribution in [0.3, 0.4) is 0 Å². The number of halogens is 2. The van der Waals surface area contributed by atoms with Gasteiger partial charge in [0.15, 0.2) is 37.9 Å². The molecule has 0 unspecified atom stereocenters. The first-order valence-electron chi connectivity index (χ1n) is 10.9. The third kappa shape index (κ3) is 11.1. The van der Waals surface area contributed by atoms with E-state index in [-0.39, 0.29) is 24.8 Å². The zero-order valence-electron chi connectivity index (χ0n) is 20.0. The number of allylic oxidation sites excluding steroid dienone is 2. The van der Waals surface area contributed by atoms with Crippen LogP contribution in [0.4, 0.5) is 0 Å². The number of rotatable bonds is 5. The second kappa shape index (κ2) is 18.3. The van der Waals surface area contributed by atoms with Gasteiger partial charge in [-0.25, -0.2) is 9.13 Å². The first-order chi connectivity index (χ1) is 15.7. The lowest BCUT2D eigenvalue weighted by Gasteiger charge is -2.02. The quantitative estimate of drug-likeness (QED) is 0.281. The van der Waals surface area contributed by atoms with Crippen molar-refractivity contribution in [3.05, 3.63) is 146 Å². The lowest BCUT2D eigenvalue weighted by Crippen LogP contribution is -3.00. The average Bonchev–Trinajstić information content (AvgIpc) is 2.83. The molecule has 0 spiro atoms. The molecule has 0 aliphatic carbocycles. The standard InChI is InChI=1S/C24H22N2.2C3H6.2ClH/c1-3-7-21(8-4-1)19-25-15-11-23(12-16-25)24-13-17-26(18-14-24)20-22-9-5-2-6-10-22;2*1-3-2;;/h1-18H,19-20H2;2*3H,1H2,2H3;2*1H/q+2;;;;/p-2. The summed E-state index contributed by atoms with van der Waals surface area (Å²) in [6.07, 6.45) is 12.1. The average molecular weight is 494 g/mol. The lowest BCUT2D eigenvalue weighted by molar-refractivity contribution is -0.688. The molecule has 0 atom stereocenters. The minimum atomic E-state index is 0. The van der Waals surface area contributed by atoms with E-state index in [4.69, 9.17) is 0 Å². The van der Waals surface area contributed by atoms with Gasteiger partial charge in [0.25, 0.3) is 0 Å². The zero-order valence-corrected chi connectivity index (χ0v) is 21.5. The minimum Gasteiger partial charge on any atom is -1.00 e. The third-order valence-electron chi connectivity index (χ3n) is 4.53. The molecule has 2 aromatic heterocycles. The second-order valence-corrected chi connectivity index (χ2v) is 7.31. The van der Waals surface area contributed by atoms with Crippen LogP contribution in [0.5, 0.6) is 0 Å². The van der Waals surface area contributed by atoms with Crippen LogP contribution >= 0.6 is 0 Å². The first kappa shape index (κ1) is 30.8. The van der Waals surface area contributed by atoms with Crippen molar-refractivity contribution in [3.8, 4) is 11.1 Å². The minimum absolute atomic E-state index is 0. The Morgan fingerprint density at radius 3 is 1.06 bits per heavy atom. The predicted octanol–water partition coefficient (Wildman–Crippen LogP) is 0.418. The maximum atomic E-state index is 3.36. The fourth-order valence-corrected chi connectivity index (χ4v) is 3.10. The monoisotopic (exact) mass is 492 g/mol. The molecule has 0 fully saturated rings. The van der Waals surface area contributed by atoms with Crippen LogP contribution in [0.25, 0.3) is 11.1 Å². The van der Waals surface area contributed by atoms with E-state index in [1.807, 2.05) is 13.8 Å². The molecule has 0 bridgehead atoms. The summed E-state index contributed by atoms with van der Waals surface area (Å²) in [5.41, 5.74) is 5.10. The number of aromatic nitrogens is 2. The third-order valence-corrected chi connectivity index (χ3v) is 4.53. The fourth-order valence-electron chi connectivity index (χ4n) is 3.10. The van der Waals surface area contributed by atoms with Gasteiger partial charge in [-0.2, -0.15) is 0 Å². The summed E-state index contributed by atoms with van der Waals surface area (Å²) in [6.45, 7) is 12.3. The van der Waals surface area contributed by atoms with Gasteiger partial charge in [-0.05, 0) is 25.0 Å². The van der Waals surface area contributed by atoms with Gasteiger partial charge in [0.1, 0.15) is 0 Å². The summed E-state index contributed by atoms with van der Waals surface area (Å²) in [5, 5.41) is 0. The van der Waals surface area contributed by atoms with E-state index in [1.54, 1.807) is 12.2 Å². The number of benzene rings is 2. The van der Waals surface area contributed by atoms with Crippen LogP contribution < -0.4 is 33.9 Å². The molecule has 2 aromatic carbocycles. The highest BCUT2D eigenvalue weighted by molar-refractivity contribution is 5.60. The van der Waals surface area contributed by atoms with Crippen molar-refractivity contribution in [3.63, 3.8) is 0 Å². The van der Waals surface area contributed by atoms with Crippen molar-refractivity contribution < 1.29 is 33.9 Å². The van der Waals surface area contributed by atoms with Gasteiger partial charge in [0, 0.05) is 35.4 Å². The van der Waals surface area contributed by atoms with Crippen LogP contribution in [0.1, 0.15) is 25.0 Å². The lowest BCUT2D eigenvalue weighted by atomic mass is 10.1. The number of hydrogen-bond donors (Lipinski definition) is 0. The molecule has 4 aromatic rings. The van der Waals surface area contributed by atoms with Crippen molar-refractivity contribution >= 4 is 0 Å². The van der Waals surface area contributed by atoms with E-state index in [0.717, 1.165) is 13.1 Å². The molecular weight excluding hydrogens is 459 g/mol. The Labute approximate surface area is 217 Å². The van der Waals surface area contributed by atoms with Crippen LogP contribution in [-0.4, -0.2) is 0 Å². The summed E-state index contributed by atoms with van der Waals surface area (Å²) in [6, 6.07) is 29.8. The predicted molar refractivity (Wildman–Crippen MR) is 135 cm³/mol. The van der Waals surface area contributed by atoms with Gasteiger partial charge in [0.05, 0.1) is 0 Å². The van der Waals surface area contributed by atoms with Crippen molar-refractivity contribution in [2.75, 3.05) is 0 Å². The highest BCUT2D eigenvalue weighted by Crippen LogP contribution is 2.15. The number of pyridine rings is 2. The zero-order chi connectivity index (χ0) is 23.0. The largest absolute Gasteiger partial charge is 1.00 e. The van der Waals surface area contributed by atoms with Gasteiger partial charge < -0.3 is 24.8 Å². The molecule has 0 aliphatic heterocycles. The normalized spacial score (nSPS) is 8.88. The number of nitrogens with zero attached hydrogens (tertiary/aromatic N) is 2. The molecule has 178 valence electrons. The molecule has 4 heteroatoms. The SMILES string of the molecule is C=CC.C=CC.[Cl-].[Cl-].c1ccc(C[n+]2ccc(-c3cc[n+](Cc4ccccc4)cc3)cc2)cc1. The smallest absolute Gasteiger partial charge is 0.173 e. The molecular formula is C30H34Cl2N2. The van der Waals surface area contributed by atoms with Crippen LogP contribution in [0.15, 0.2) is 135 Å². The van der Waals surface area contributed by atoms with E-state index in [0.29, 0.717) is 0 Å². The van der Waals surface area contributed by atoms with Gasteiger partial charge in [-0.3, -0.25) is 0 Å². The summed E-state index contributed by atoms with van der Waals surface area (Å²) in [4.78, 5) is 0. The Bertz CT molecular complexity index is 957. The highest BCUT2D eigenvalue weighted by Gasteiger charge is 2.07. The Hall–Kier alpha value is -3.20. The van der Waals surface area contributed by atoms with E-state index >= 15 is 0 Å². The number of hydrogen-bond acceptors (Lipinski definition) is 0. The molecule has 2 heterocycles. The molecule has 0 N–H and O–H groups in total. The summed E-state index contributed by atoms with van der Waals surface area (Å²) in [5.74, 6) is 0. The van der Waals surface area contributed by atoms with Crippen LogP contribution in [-0.2, 0) is 13.1 Å². The van der Waals surface area contributed by atoms with E-state index in [1.165, 1.54) is 22.3 Å². The maximum absolute atomic E-state index is 3.36. The molecule has 2 nitrogen and oxygen atoms in total. The first-order valence-corrected chi connectivity index (χ1v) is 10.9. The van der Waals surface area contributed by atoms with E-state index < -0.39 is 0 Å². The van der Waals surface area contributed by atoms with Crippen molar-refractivity contribution in [2.24, 2.45) is 0 Å². The van der Waals surface area contributed by atoms with Gasteiger partial charge in [0.2, 0.25) is 0 Å². The maximum Gasteiger partial charge on any atom is 0.173 e. The van der Waals surface area contributed by atoms with Crippen molar-refractivity contribution in [1.82, 2.24) is 0 Å². The fraction of sp³-hybridized carbons (Fsp3) is 0.133. The molecule has 0 aliphatic rings. The molecule has 0 saturated heterocycles. The summed E-state index contributed by atoms with van der Waals surface area (Å²) >= 11 is 0. The van der Waals surface area contributed by atoms with Crippen molar-refractivity contribution in [1.29, 1.82) is 0 Å². The van der Waals surface area contributed by atoms with E-state index in [9.17, 15) is 0 Å². The van der Waals surface area contributed by atoms with Crippen molar-refractivity contribution in [2.45, 2.75) is 26.9 Å². The highest BCUT2D eigenvalue weighted by atomic mass is 35.5. The molecule has 0 radical (unpaired) electrons. The van der Waals surface area contributed by atoms with Gasteiger partial charge in [-0.15, -0.1) is 13.2 Å². The molecule has 0 amide bonds. The Balaban J connectivity index is 0.00000124. The van der Waals surface area contributed by atoms with Crippen LogP contribution in [0.2, 0.25) is 0 Å². The second-order valence-electron chi connectivity index (χ2n) is 7.31. The van der Waals surface area contributed by atoms with Gasteiger partial charge in [-0.1, -0.05) is 72.8 Å². The Morgan fingerprint density at radius 2 is 0.794 bits per heavy atom. The van der Waals surface area contributed by atoms with E-state index in [2.05, 4.69) is 132 Å². The Kier molecular flexibility index (Phi) is 16.5. The molecule has 4 rings (SSSR count). The molecule has 0 saturated carbocycles. The van der Waals surface area contributed by atoms with Crippen LogP contribution in [0, 0.1) is 0 Å².